The summed E-state index contributed by atoms with van der Waals surface area (Å²) in [7, 11) is 0. The third kappa shape index (κ3) is 3.28. The fraction of sp³-hybridized carbons (Fsp3) is 0.250. The van der Waals surface area contributed by atoms with Gasteiger partial charge in [0, 0.05) is 17.1 Å². The number of carbonyl (C=O) groups excluding carboxylic acids is 1. The van der Waals surface area contributed by atoms with Crippen LogP contribution in [0.2, 0.25) is 5.02 Å². The Morgan fingerprint density at radius 2 is 2.32 bits per heavy atom. The lowest BCUT2D eigenvalue weighted by molar-refractivity contribution is -0.117. The molecule has 2 aromatic heterocycles. The molecule has 100 valence electrons. The Morgan fingerprint density at radius 1 is 1.58 bits per heavy atom. The number of rotatable bonds is 3. The highest BCUT2D eigenvalue weighted by Crippen LogP contribution is 2.28. The first-order valence-corrected chi connectivity index (χ1v) is 6.87. The van der Waals surface area contributed by atoms with Crippen molar-refractivity contribution in [3.63, 3.8) is 0 Å². The standard InChI is InChI=1S/C12H13ClN4OS/c1-6(14)11(18)16-10-5-19-12(17-10)8-3-9(13)7(2)15-4-8/h3-6H,14H2,1-2H3,(H,16,18). The van der Waals surface area contributed by atoms with Crippen LogP contribution >= 0.6 is 22.9 Å². The van der Waals surface area contributed by atoms with Gasteiger partial charge in [-0.3, -0.25) is 9.78 Å². The maximum Gasteiger partial charge on any atom is 0.242 e. The summed E-state index contributed by atoms with van der Waals surface area (Å²) >= 11 is 7.43. The lowest BCUT2D eigenvalue weighted by Crippen LogP contribution is -2.32. The lowest BCUT2D eigenvalue weighted by Gasteiger charge is -2.04. The molecule has 0 spiro atoms. The van der Waals surface area contributed by atoms with Crippen molar-refractivity contribution in [2.24, 2.45) is 5.73 Å². The van der Waals surface area contributed by atoms with Crippen molar-refractivity contribution < 1.29 is 4.79 Å². The molecular formula is C12H13ClN4OS. The largest absolute Gasteiger partial charge is 0.320 e. The summed E-state index contributed by atoms with van der Waals surface area (Å²) in [5.74, 6) is 0.218. The number of pyridine rings is 1. The van der Waals surface area contributed by atoms with Gasteiger partial charge in [0.2, 0.25) is 5.91 Å². The SMILES string of the molecule is Cc1ncc(-c2nc(NC(=O)C(C)N)cs2)cc1Cl. The second-order valence-corrected chi connectivity index (χ2v) is 5.37. The number of hydrogen-bond acceptors (Lipinski definition) is 5. The minimum atomic E-state index is -0.569. The molecule has 5 nitrogen and oxygen atoms in total. The third-order valence-electron chi connectivity index (χ3n) is 2.44. The van der Waals surface area contributed by atoms with E-state index in [4.69, 9.17) is 17.3 Å². The van der Waals surface area contributed by atoms with Crippen molar-refractivity contribution in [1.29, 1.82) is 0 Å². The molecule has 7 heteroatoms. The van der Waals surface area contributed by atoms with E-state index in [2.05, 4.69) is 15.3 Å². The van der Waals surface area contributed by atoms with Gasteiger partial charge in [0.15, 0.2) is 0 Å². The van der Waals surface area contributed by atoms with Gasteiger partial charge in [-0.1, -0.05) is 11.6 Å². The van der Waals surface area contributed by atoms with Crippen LogP contribution in [0.25, 0.3) is 10.6 Å². The van der Waals surface area contributed by atoms with E-state index in [-0.39, 0.29) is 5.91 Å². The zero-order chi connectivity index (χ0) is 14.0. The van der Waals surface area contributed by atoms with Crippen LogP contribution in [0.15, 0.2) is 17.6 Å². The Labute approximate surface area is 119 Å². The summed E-state index contributed by atoms with van der Waals surface area (Å²) in [4.78, 5) is 19.9. The van der Waals surface area contributed by atoms with Crippen LogP contribution in [-0.4, -0.2) is 21.9 Å². The number of halogens is 1. The zero-order valence-electron chi connectivity index (χ0n) is 10.5. The summed E-state index contributed by atoms with van der Waals surface area (Å²) in [6.45, 7) is 3.45. The minimum absolute atomic E-state index is 0.267. The average molecular weight is 297 g/mol. The number of nitrogens with two attached hydrogens (primary N) is 1. The van der Waals surface area contributed by atoms with Crippen LogP contribution in [0.3, 0.4) is 0 Å². The van der Waals surface area contributed by atoms with Crippen molar-refractivity contribution in [3.05, 3.63) is 28.4 Å². The van der Waals surface area contributed by atoms with Gasteiger partial charge in [0.1, 0.15) is 10.8 Å². The number of nitrogens with zero attached hydrogens (tertiary/aromatic N) is 2. The van der Waals surface area contributed by atoms with Crippen LogP contribution < -0.4 is 11.1 Å². The number of anilines is 1. The fourth-order valence-electron chi connectivity index (χ4n) is 1.33. The monoisotopic (exact) mass is 296 g/mol. The molecule has 0 saturated carbocycles. The molecule has 0 radical (unpaired) electrons. The Hall–Kier alpha value is -1.50. The van der Waals surface area contributed by atoms with Gasteiger partial charge in [-0.15, -0.1) is 11.3 Å². The van der Waals surface area contributed by atoms with E-state index >= 15 is 0 Å². The molecule has 0 saturated heterocycles. The number of aromatic nitrogens is 2. The van der Waals surface area contributed by atoms with Crippen molar-refractivity contribution in [3.8, 4) is 10.6 Å². The molecule has 2 heterocycles. The molecular weight excluding hydrogens is 284 g/mol. The maximum absolute atomic E-state index is 11.5. The molecule has 19 heavy (non-hydrogen) atoms. The van der Waals surface area contributed by atoms with Gasteiger partial charge < -0.3 is 11.1 Å². The molecule has 2 aromatic rings. The van der Waals surface area contributed by atoms with Gasteiger partial charge >= 0.3 is 0 Å². The Balaban J connectivity index is 2.21. The Bertz CT molecular complexity index is 612. The van der Waals surface area contributed by atoms with Crippen molar-refractivity contribution in [2.45, 2.75) is 19.9 Å². The van der Waals surface area contributed by atoms with Crippen LogP contribution in [0.4, 0.5) is 5.82 Å². The van der Waals surface area contributed by atoms with E-state index in [1.165, 1.54) is 11.3 Å². The summed E-state index contributed by atoms with van der Waals surface area (Å²) in [6, 6.07) is 1.24. The molecule has 0 aliphatic carbocycles. The molecule has 1 amide bonds. The maximum atomic E-state index is 11.5. The van der Waals surface area contributed by atoms with E-state index in [1.807, 2.05) is 6.92 Å². The zero-order valence-corrected chi connectivity index (χ0v) is 12.0. The van der Waals surface area contributed by atoms with E-state index < -0.39 is 6.04 Å². The van der Waals surface area contributed by atoms with Crippen LogP contribution in [0, 0.1) is 6.92 Å². The molecule has 0 aliphatic heterocycles. The molecule has 2 rings (SSSR count). The first-order chi connectivity index (χ1) is 8.97. The lowest BCUT2D eigenvalue weighted by atomic mass is 10.2. The second kappa shape index (κ2) is 5.64. The molecule has 0 bridgehead atoms. The summed E-state index contributed by atoms with van der Waals surface area (Å²) in [6.07, 6.45) is 1.71. The van der Waals surface area contributed by atoms with Crippen LogP contribution in [-0.2, 0) is 4.79 Å². The summed E-state index contributed by atoms with van der Waals surface area (Å²) in [5.41, 5.74) is 7.07. The van der Waals surface area contributed by atoms with E-state index in [0.29, 0.717) is 10.8 Å². The quantitative estimate of drug-likeness (QED) is 0.911. The van der Waals surface area contributed by atoms with Gasteiger partial charge in [-0.25, -0.2) is 4.98 Å². The number of aryl methyl sites for hydroxylation is 1. The molecule has 3 N–H and O–H groups in total. The second-order valence-electron chi connectivity index (χ2n) is 4.11. The van der Waals surface area contributed by atoms with Gasteiger partial charge in [0.05, 0.1) is 16.8 Å². The first kappa shape index (κ1) is 13.9. The molecule has 0 fully saturated rings. The minimum Gasteiger partial charge on any atom is -0.320 e. The van der Waals surface area contributed by atoms with E-state index in [1.54, 1.807) is 24.6 Å². The Morgan fingerprint density at radius 3 is 2.95 bits per heavy atom. The predicted octanol–water partition coefficient (Wildman–Crippen LogP) is 2.45. The highest BCUT2D eigenvalue weighted by Gasteiger charge is 2.11. The van der Waals surface area contributed by atoms with Crippen molar-refractivity contribution >= 4 is 34.7 Å². The van der Waals surface area contributed by atoms with Gasteiger partial charge in [-0.2, -0.15) is 0 Å². The third-order valence-corrected chi connectivity index (χ3v) is 3.72. The topological polar surface area (TPSA) is 80.9 Å². The number of amides is 1. The smallest absolute Gasteiger partial charge is 0.242 e. The van der Waals surface area contributed by atoms with Crippen molar-refractivity contribution in [1.82, 2.24) is 9.97 Å². The van der Waals surface area contributed by atoms with E-state index in [9.17, 15) is 4.79 Å². The number of nitrogens with one attached hydrogen (secondary N) is 1. The number of thiazole rings is 1. The van der Waals surface area contributed by atoms with Gasteiger partial charge in [0.25, 0.3) is 0 Å². The van der Waals surface area contributed by atoms with Crippen LogP contribution in [0.1, 0.15) is 12.6 Å². The Kier molecular flexibility index (Phi) is 4.14. The molecule has 1 unspecified atom stereocenters. The summed E-state index contributed by atoms with van der Waals surface area (Å²) < 4.78 is 0. The fourth-order valence-corrected chi connectivity index (χ4v) is 2.23. The normalized spacial score (nSPS) is 12.2. The molecule has 0 aromatic carbocycles. The number of carbonyl (C=O) groups is 1. The predicted molar refractivity (Wildman–Crippen MR) is 77.4 cm³/mol. The summed E-state index contributed by atoms with van der Waals surface area (Å²) in [5, 5.41) is 5.73. The molecule has 1 atom stereocenters. The first-order valence-electron chi connectivity index (χ1n) is 5.62. The van der Waals surface area contributed by atoms with E-state index in [0.717, 1.165) is 16.3 Å². The highest BCUT2D eigenvalue weighted by atomic mass is 35.5. The average Bonchev–Trinajstić information content (AvgIpc) is 2.81. The van der Waals surface area contributed by atoms with Crippen LogP contribution in [0.5, 0.6) is 0 Å². The number of hydrogen-bond donors (Lipinski definition) is 2. The van der Waals surface area contributed by atoms with Crippen molar-refractivity contribution in [2.75, 3.05) is 5.32 Å². The highest BCUT2D eigenvalue weighted by molar-refractivity contribution is 7.13. The molecule has 0 aliphatic rings. The van der Waals surface area contributed by atoms with Gasteiger partial charge in [-0.05, 0) is 19.9 Å².